The number of benzene rings is 2. The van der Waals surface area contributed by atoms with E-state index in [1.807, 2.05) is 47.5 Å². The molecule has 4 rings (SSSR count). The minimum absolute atomic E-state index is 0.0717. The van der Waals surface area contributed by atoms with Gasteiger partial charge in [0.25, 0.3) is 11.8 Å². The molecule has 2 heterocycles. The van der Waals surface area contributed by atoms with Crippen LogP contribution in [0.3, 0.4) is 0 Å². The third-order valence-corrected chi connectivity index (χ3v) is 6.23. The minimum atomic E-state index is -0.136. The Morgan fingerprint density at radius 1 is 0.931 bits per heavy atom. The van der Waals surface area contributed by atoms with Crippen molar-refractivity contribution in [2.45, 2.75) is 26.2 Å². The Labute approximate surface area is 175 Å². The van der Waals surface area contributed by atoms with E-state index in [4.69, 9.17) is 0 Å². The molecule has 4 nitrogen and oxygen atoms in total. The molecule has 3 aromatic rings. The molecule has 0 atom stereocenters. The highest BCUT2D eigenvalue weighted by atomic mass is 32.1. The van der Waals surface area contributed by atoms with E-state index in [2.05, 4.69) is 5.32 Å². The van der Waals surface area contributed by atoms with Gasteiger partial charge in [0.05, 0.1) is 5.56 Å². The molecule has 0 bridgehead atoms. The Balaban J connectivity index is 1.49. The molecule has 1 aromatic heterocycles. The van der Waals surface area contributed by atoms with Crippen molar-refractivity contribution in [3.05, 3.63) is 76.0 Å². The van der Waals surface area contributed by atoms with Crippen LogP contribution in [-0.2, 0) is 0 Å². The minimum Gasteiger partial charge on any atom is -0.339 e. The van der Waals surface area contributed by atoms with Crippen LogP contribution in [-0.4, -0.2) is 29.8 Å². The van der Waals surface area contributed by atoms with E-state index in [0.29, 0.717) is 16.8 Å². The number of hydrogen-bond acceptors (Lipinski definition) is 3. The largest absolute Gasteiger partial charge is 0.339 e. The smallest absolute Gasteiger partial charge is 0.257 e. The van der Waals surface area contributed by atoms with Crippen LogP contribution in [0.4, 0.5) is 5.69 Å². The molecule has 0 saturated carbocycles. The quantitative estimate of drug-likeness (QED) is 0.615. The van der Waals surface area contributed by atoms with E-state index in [0.717, 1.165) is 41.9 Å². The standard InChI is InChI=1S/C24H24N2O2S/c1-17-22(18-8-4-2-5-9-18)21(16-29-17)23(27)25-20-12-10-19(11-13-20)24(28)26-14-6-3-7-15-26/h2,4-5,8-13,16H,3,6-7,14-15H2,1H3,(H,25,27). The lowest BCUT2D eigenvalue weighted by Gasteiger charge is -2.26. The normalized spacial score (nSPS) is 13.9. The number of likely N-dealkylation sites (tertiary alicyclic amines) is 1. The number of hydrogen-bond donors (Lipinski definition) is 1. The number of piperidine rings is 1. The number of thiophene rings is 1. The number of nitrogens with one attached hydrogen (secondary N) is 1. The molecule has 5 heteroatoms. The van der Waals surface area contributed by atoms with Crippen LogP contribution >= 0.6 is 11.3 Å². The van der Waals surface area contributed by atoms with Gasteiger partial charge in [-0.1, -0.05) is 30.3 Å². The molecule has 0 aliphatic carbocycles. The van der Waals surface area contributed by atoms with Crippen molar-refractivity contribution in [3.8, 4) is 11.1 Å². The van der Waals surface area contributed by atoms with Gasteiger partial charge in [-0.05, 0) is 56.0 Å². The molecule has 148 valence electrons. The predicted octanol–water partition coefficient (Wildman–Crippen LogP) is 5.60. The fourth-order valence-corrected chi connectivity index (χ4v) is 4.62. The van der Waals surface area contributed by atoms with Gasteiger partial charge in [-0.25, -0.2) is 0 Å². The van der Waals surface area contributed by atoms with E-state index < -0.39 is 0 Å². The average molecular weight is 405 g/mol. The lowest BCUT2D eigenvalue weighted by atomic mass is 10.0. The number of anilines is 1. The monoisotopic (exact) mass is 404 g/mol. The van der Waals surface area contributed by atoms with Crippen LogP contribution < -0.4 is 5.32 Å². The average Bonchev–Trinajstić information content (AvgIpc) is 3.16. The Morgan fingerprint density at radius 3 is 2.31 bits per heavy atom. The number of amides is 2. The maximum atomic E-state index is 12.9. The first-order chi connectivity index (χ1) is 14.1. The Kier molecular flexibility index (Phi) is 5.76. The van der Waals surface area contributed by atoms with Crippen LogP contribution in [0.15, 0.2) is 60.0 Å². The van der Waals surface area contributed by atoms with Gasteiger partial charge in [-0.2, -0.15) is 0 Å². The summed E-state index contributed by atoms with van der Waals surface area (Å²) in [5, 5.41) is 4.87. The molecule has 1 aliphatic heterocycles. The van der Waals surface area contributed by atoms with Crippen molar-refractivity contribution < 1.29 is 9.59 Å². The van der Waals surface area contributed by atoms with Crippen molar-refractivity contribution >= 4 is 28.8 Å². The van der Waals surface area contributed by atoms with E-state index in [1.54, 1.807) is 35.6 Å². The lowest BCUT2D eigenvalue weighted by Crippen LogP contribution is -2.35. The number of aryl methyl sites for hydroxylation is 1. The summed E-state index contributed by atoms with van der Waals surface area (Å²) in [6, 6.07) is 17.2. The maximum absolute atomic E-state index is 12.9. The highest BCUT2D eigenvalue weighted by Crippen LogP contribution is 2.32. The Hall–Kier alpha value is -2.92. The van der Waals surface area contributed by atoms with Crippen LogP contribution in [0.1, 0.15) is 44.9 Å². The molecule has 1 fully saturated rings. The number of carbonyl (C=O) groups excluding carboxylic acids is 2. The molecule has 2 aromatic carbocycles. The second-order valence-corrected chi connectivity index (χ2v) is 8.41. The SMILES string of the molecule is Cc1scc(C(=O)Nc2ccc(C(=O)N3CCCCC3)cc2)c1-c1ccccc1. The van der Waals surface area contributed by atoms with Gasteiger partial charge >= 0.3 is 0 Å². The number of nitrogens with zero attached hydrogens (tertiary/aromatic N) is 1. The van der Waals surface area contributed by atoms with Crippen molar-refractivity contribution in [2.75, 3.05) is 18.4 Å². The van der Waals surface area contributed by atoms with Crippen molar-refractivity contribution in [2.24, 2.45) is 0 Å². The summed E-state index contributed by atoms with van der Waals surface area (Å²) in [5.74, 6) is -0.0642. The summed E-state index contributed by atoms with van der Waals surface area (Å²) in [5.41, 5.74) is 4.05. The topological polar surface area (TPSA) is 49.4 Å². The van der Waals surface area contributed by atoms with Gasteiger partial charge in [0, 0.05) is 40.2 Å². The van der Waals surface area contributed by atoms with Crippen LogP contribution in [0.25, 0.3) is 11.1 Å². The maximum Gasteiger partial charge on any atom is 0.257 e. The van der Waals surface area contributed by atoms with Crippen LogP contribution in [0.5, 0.6) is 0 Å². The molecule has 0 spiro atoms. The summed E-state index contributed by atoms with van der Waals surface area (Å²) in [4.78, 5) is 28.5. The Morgan fingerprint density at radius 2 is 1.62 bits per heavy atom. The highest BCUT2D eigenvalue weighted by Gasteiger charge is 2.19. The molecule has 1 N–H and O–H groups in total. The van der Waals surface area contributed by atoms with Crippen LogP contribution in [0, 0.1) is 6.92 Å². The summed E-state index contributed by atoms with van der Waals surface area (Å²) >= 11 is 1.58. The molecule has 1 aliphatic rings. The number of rotatable bonds is 4. The number of carbonyl (C=O) groups is 2. The van der Waals surface area contributed by atoms with E-state index in [1.165, 1.54) is 6.42 Å². The first-order valence-corrected chi connectivity index (χ1v) is 10.9. The molecule has 29 heavy (non-hydrogen) atoms. The second-order valence-electron chi connectivity index (χ2n) is 7.33. The molecular weight excluding hydrogens is 380 g/mol. The zero-order chi connectivity index (χ0) is 20.2. The third kappa shape index (κ3) is 4.25. The zero-order valence-electron chi connectivity index (χ0n) is 16.5. The first-order valence-electron chi connectivity index (χ1n) is 9.97. The molecule has 0 unspecified atom stereocenters. The van der Waals surface area contributed by atoms with E-state index in [-0.39, 0.29) is 11.8 Å². The summed E-state index contributed by atoms with van der Waals surface area (Å²) in [6.45, 7) is 3.69. The lowest BCUT2D eigenvalue weighted by molar-refractivity contribution is 0.0724. The van der Waals surface area contributed by atoms with Gasteiger partial charge in [0.1, 0.15) is 0 Å². The van der Waals surface area contributed by atoms with E-state index >= 15 is 0 Å². The third-order valence-electron chi connectivity index (χ3n) is 5.32. The highest BCUT2D eigenvalue weighted by molar-refractivity contribution is 7.10. The van der Waals surface area contributed by atoms with Gasteiger partial charge in [-0.3, -0.25) is 9.59 Å². The molecule has 2 amide bonds. The fraction of sp³-hybridized carbons (Fsp3) is 0.250. The summed E-state index contributed by atoms with van der Waals surface area (Å²) in [6.07, 6.45) is 3.34. The van der Waals surface area contributed by atoms with Gasteiger partial charge in [0.2, 0.25) is 0 Å². The van der Waals surface area contributed by atoms with Gasteiger partial charge in [-0.15, -0.1) is 11.3 Å². The second kappa shape index (κ2) is 8.62. The van der Waals surface area contributed by atoms with E-state index in [9.17, 15) is 9.59 Å². The van der Waals surface area contributed by atoms with Gasteiger partial charge < -0.3 is 10.2 Å². The van der Waals surface area contributed by atoms with Gasteiger partial charge in [0.15, 0.2) is 0 Å². The fourth-order valence-electron chi connectivity index (χ4n) is 3.76. The summed E-state index contributed by atoms with van der Waals surface area (Å²) in [7, 11) is 0. The Bertz CT molecular complexity index is 1000. The molecule has 1 saturated heterocycles. The van der Waals surface area contributed by atoms with Crippen LogP contribution in [0.2, 0.25) is 0 Å². The molecular formula is C24H24N2O2S. The summed E-state index contributed by atoms with van der Waals surface area (Å²) < 4.78 is 0. The van der Waals surface area contributed by atoms with Crippen molar-refractivity contribution in [1.82, 2.24) is 4.90 Å². The first kappa shape index (κ1) is 19.4. The predicted molar refractivity (Wildman–Crippen MR) is 119 cm³/mol. The van der Waals surface area contributed by atoms with Crippen molar-refractivity contribution in [3.63, 3.8) is 0 Å². The zero-order valence-corrected chi connectivity index (χ0v) is 17.3. The van der Waals surface area contributed by atoms with Crippen molar-refractivity contribution in [1.29, 1.82) is 0 Å². The molecule has 0 radical (unpaired) electrons.